The zero-order chi connectivity index (χ0) is 9.26. The van der Waals surface area contributed by atoms with E-state index < -0.39 is 11.3 Å². The van der Waals surface area contributed by atoms with Crippen molar-refractivity contribution in [2.75, 3.05) is 4.72 Å². The summed E-state index contributed by atoms with van der Waals surface area (Å²) in [5, 5.41) is 0. The molecule has 1 fully saturated rings. The van der Waals surface area contributed by atoms with Gasteiger partial charge in [0.1, 0.15) is 0 Å². The van der Waals surface area contributed by atoms with Gasteiger partial charge in [0.2, 0.25) is 0 Å². The lowest BCUT2D eigenvalue weighted by Crippen LogP contribution is -2.01. The van der Waals surface area contributed by atoms with Crippen molar-refractivity contribution in [2.24, 2.45) is 0 Å². The van der Waals surface area contributed by atoms with Crippen LogP contribution in [-0.2, 0) is 16.1 Å². The van der Waals surface area contributed by atoms with Gasteiger partial charge in [-0.15, -0.1) is 0 Å². The molecule has 0 aliphatic carbocycles. The number of hydrogen-bond acceptors (Lipinski definition) is 4. The summed E-state index contributed by atoms with van der Waals surface area (Å²) in [6.45, 7) is 0. The lowest BCUT2D eigenvalue weighted by Gasteiger charge is -2.07. The topological polar surface area (TPSA) is 86.6 Å². The number of benzene rings is 1. The standard InChI is InChI=1S/C7H8N2O3S/c10-13(11)9-6-3-1-5(2-4-6)7-8-12-7/h1-4,7-9H,(H,10,11)/p-1. The van der Waals surface area contributed by atoms with Crippen molar-refractivity contribution in [3.63, 3.8) is 0 Å². The molecule has 0 aromatic heterocycles. The molecule has 2 atom stereocenters. The Kier molecular flexibility index (Phi) is 2.28. The van der Waals surface area contributed by atoms with Gasteiger partial charge in [0.25, 0.3) is 0 Å². The van der Waals surface area contributed by atoms with Gasteiger partial charge in [0.15, 0.2) is 6.23 Å². The highest BCUT2D eigenvalue weighted by Crippen LogP contribution is 2.24. The highest BCUT2D eigenvalue weighted by molar-refractivity contribution is 7.80. The largest absolute Gasteiger partial charge is 0.755 e. The molecule has 0 spiro atoms. The first kappa shape index (κ1) is 8.64. The Hall–Kier alpha value is -0.950. The average molecular weight is 199 g/mol. The minimum Gasteiger partial charge on any atom is -0.755 e. The Morgan fingerprint density at radius 2 is 2.08 bits per heavy atom. The molecular weight excluding hydrogens is 192 g/mol. The summed E-state index contributed by atoms with van der Waals surface area (Å²) in [4.78, 5) is 4.82. The SMILES string of the molecule is O=S([O-])Nc1ccc(C2NO2)cc1. The van der Waals surface area contributed by atoms with Gasteiger partial charge in [-0.3, -0.25) is 9.05 Å². The summed E-state index contributed by atoms with van der Waals surface area (Å²) in [6.07, 6.45) is -0.0354. The normalized spacial score (nSPS) is 22.4. The maximum absolute atomic E-state index is 10.3. The van der Waals surface area contributed by atoms with Gasteiger partial charge < -0.3 is 9.27 Å². The fourth-order valence-corrected chi connectivity index (χ4v) is 1.32. The molecule has 70 valence electrons. The molecule has 0 amide bonds. The van der Waals surface area contributed by atoms with Crippen molar-refractivity contribution in [3.8, 4) is 0 Å². The number of hydrogen-bond donors (Lipinski definition) is 2. The summed E-state index contributed by atoms with van der Waals surface area (Å²) in [5.41, 5.74) is 4.18. The average Bonchev–Trinajstić information content (AvgIpc) is 2.87. The first-order valence-electron chi connectivity index (χ1n) is 3.63. The number of hydroxylamine groups is 1. The van der Waals surface area contributed by atoms with Gasteiger partial charge in [0.05, 0.1) is 0 Å². The molecule has 1 aromatic carbocycles. The molecule has 5 nitrogen and oxygen atoms in total. The first-order valence-corrected chi connectivity index (χ1v) is 4.70. The molecule has 1 aliphatic heterocycles. The summed E-state index contributed by atoms with van der Waals surface area (Å²) in [7, 11) is 0. The third kappa shape index (κ3) is 2.25. The van der Waals surface area contributed by atoms with Crippen molar-refractivity contribution >= 4 is 17.0 Å². The molecule has 13 heavy (non-hydrogen) atoms. The molecule has 1 heterocycles. The molecule has 1 aliphatic rings. The minimum absolute atomic E-state index is 0.0354. The van der Waals surface area contributed by atoms with Crippen LogP contribution in [0.2, 0.25) is 0 Å². The van der Waals surface area contributed by atoms with E-state index in [-0.39, 0.29) is 6.23 Å². The van der Waals surface area contributed by atoms with Crippen molar-refractivity contribution in [2.45, 2.75) is 6.23 Å². The fourth-order valence-electron chi connectivity index (χ4n) is 0.992. The lowest BCUT2D eigenvalue weighted by atomic mass is 10.2. The van der Waals surface area contributed by atoms with Gasteiger partial charge in [-0.05, 0) is 17.7 Å². The van der Waals surface area contributed by atoms with Crippen LogP contribution in [0.15, 0.2) is 24.3 Å². The number of nitrogens with one attached hydrogen (secondary N) is 2. The summed E-state index contributed by atoms with van der Waals surface area (Å²) < 4.78 is 22.8. The maximum atomic E-state index is 10.3. The Labute approximate surface area is 77.5 Å². The highest BCUT2D eigenvalue weighted by atomic mass is 32.2. The van der Waals surface area contributed by atoms with Crippen LogP contribution >= 0.6 is 0 Å². The van der Waals surface area contributed by atoms with Crippen LogP contribution in [-0.4, -0.2) is 8.76 Å². The highest BCUT2D eigenvalue weighted by Gasteiger charge is 2.23. The Balaban J connectivity index is 2.08. The summed E-state index contributed by atoms with van der Waals surface area (Å²) in [5.74, 6) is 0. The van der Waals surface area contributed by atoms with E-state index in [4.69, 9.17) is 4.84 Å². The van der Waals surface area contributed by atoms with Gasteiger partial charge in [0, 0.05) is 17.0 Å². The third-order valence-corrected chi connectivity index (χ3v) is 2.05. The molecule has 0 saturated carbocycles. The van der Waals surface area contributed by atoms with Crippen LogP contribution in [0.3, 0.4) is 0 Å². The van der Waals surface area contributed by atoms with E-state index in [9.17, 15) is 8.76 Å². The van der Waals surface area contributed by atoms with E-state index in [1.54, 1.807) is 24.3 Å². The number of anilines is 1. The molecule has 1 aromatic rings. The molecule has 2 unspecified atom stereocenters. The van der Waals surface area contributed by atoms with Crippen LogP contribution in [0, 0.1) is 0 Å². The van der Waals surface area contributed by atoms with Gasteiger partial charge >= 0.3 is 0 Å². The van der Waals surface area contributed by atoms with Crippen molar-refractivity contribution in [3.05, 3.63) is 29.8 Å². The lowest BCUT2D eigenvalue weighted by molar-refractivity contribution is 0.374. The first-order chi connectivity index (χ1) is 6.25. The number of rotatable bonds is 3. The quantitative estimate of drug-likeness (QED) is 0.545. The van der Waals surface area contributed by atoms with Crippen LogP contribution < -0.4 is 10.2 Å². The van der Waals surface area contributed by atoms with Crippen molar-refractivity contribution in [1.82, 2.24) is 5.48 Å². The van der Waals surface area contributed by atoms with E-state index in [0.717, 1.165) is 5.56 Å². The van der Waals surface area contributed by atoms with Gasteiger partial charge in [-0.1, -0.05) is 12.1 Å². The van der Waals surface area contributed by atoms with Gasteiger partial charge in [-0.25, -0.2) is 0 Å². The van der Waals surface area contributed by atoms with Crippen molar-refractivity contribution < 1.29 is 13.6 Å². The van der Waals surface area contributed by atoms with Gasteiger partial charge in [-0.2, -0.15) is 5.48 Å². The monoisotopic (exact) mass is 199 g/mol. The zero-order valence-corrected chi connectivity index (χ0v) is 7.34. The van der Waals surface area contributed by atoms with Crippen LogP contribution in [0.1, 0.15) is 11.8 Å². The molecule has 0 bridgehead atoms. The molecule has 2 N–H and O–H groups in total. The molecule has 2 rings (SSSR count). The third-order valence-electron chi connectivity index (χ3n) is 1.65. The second-order valence-corrected chi connectivity index (χ2v) is 3.25. The maximum Gasteiger partial charge on any atom is 0.176 e. The fraction of sp³-hybridized carbons (Fsp3) is 0.143. The second-order valence-electron chi connectivity index (χ2n) is 2.57. The Morgan fingerprint density at radius 3 is 2.54 bits per heavy atom. The Morgan fingerprint density at radius 1 is 1.46 bits per heavy atom. The summed E-state index contributed by atoms with van der Waals surface area (Å²) >= 11 is -2.27. The summed E-state index contributed by atoms with van der Waals surface area (Å²) in [6, 6.07) is 6.93. The minimum atomic E-state index is -2.27. The van der Waals surface area contributed by atoms with E-state index in [1.807, 2.05) is 0 Å². The predicted molar refractivity (Wildman–Crippen MR) is 45.9 cm³/mol. The predicted octanol–water partition coefficient (Wildman–Crippen LogP) is 0.426. The Bertz CT molecular complexity index is 323. The van der Waals surface area contributed by atoms with E-state index in [1.165, 1.54) is 0 Å². The van der Waals surface area contributed by atoms with Crippen molar-refractivity contribution in [1.29, 1.82) is 0 Å². The van der Waals surface area contributed by atoms with Crippen LogP contribution in [0.5, 0.6) is 0 Å². The smallest absolute Gasteiger partial charge is 0.176 e. The second kappa shape index (κ2) is 3.43. The van der Waals surface area contributed by atoms with E-state index >= 15 is 0 Å². The molecular formula is C7H7N2O3S-. The van der Waals surface area contributed by atoms with Crippen LogP contribution in [0.25, 0.3) is 0 Å². The molecule has 0 radical (unpaired) electrons. The van der Waals surface area contributed by atoms with E-state index in [2.05, 4.69) is 10.2 Å². The molecule has 6 heteroatoms. The zero-order valence-electron chi connectivity index (χ0n) is 6.52. The van der Waals surface area contributed by atoms with E-state index in [0.29, 0.717) is 5.69 Å². The molecule has 1 saturated heterocycles. The van der Waals surface area contributed by atoms with Crippen LogP contribution in [0.4, 0.5) is 5.69 Å².